The van der Waals surface area contributed by atoms with Crippen LogP contribution in [0.25, 0.3) is 28.3 Å². The number of nitrogens with zero attached hydrogens (tertiary/aromatic N) is 1. The molecule has 4 rings (SSSR count). The molecule has 3 N–H and O–H groups in total. The van der Waals surface area contributed by atoms with Gasteiger partial charge in [-0.3, -0.25) is 9.59 Å². The van der Waals surface area contributed by atoms with Gasteiger partial charge in [-0.25, -0.2) is 9.18 Å². The second-order valence-corrected chi connectivity index (χ2v) is 11.6. The van der Waals surface area contributed by atoms with Crippen LogP contribution in [0.1, 0.15) is 64.8 Å². The molecule has 0 aliphatic carbocycles. The number of hydrogen-bond acceptors (Lipinski definition) is 8. The lowest BCUT2D eigenvalue weighted by atomic mass is 9.94. The van der Waals surface area contributed by atoms with Crippen molar-refractivity contribution in [3.63, 3.8) is 0 Å². The molecule has 1 heterocycles. The van der Waals surface area contributed by atoms with Crippen molar-refractivity contribution in [1.29, 1.82) is 0 Å². The summed E-state index contributed by atoms with van der Waals surface area (Å²) in [5, 5.41) is 24.2. The molecule has 0 aliphatic rings. The minimum Gasteiger partial charge on any atom is -0.496 e. The van der Waals surface area contributed by atoms with E-state index in [2.05, 4.69) is 10.1 Å². The van der Waals surface area contributed by atoms with Crippen molar-refractivity contribution in [2.24, 2.45) is 0 Å². The van der Waals surface area contributed by atoms with E-state index in [9.17, 15) is 29.0 Å². The topological polar surface area (TPSA) is 136 Å². The van der Waals surface area contributed by atoms with Crippen molar-refractivity contribution in [3.05, 3.63) is 107 Å². The van der Waals surface area contributed by atoms with Gasteiger partial charge in [-0.2, -0.15) is 0 Å². The number of benzene rings is 3. The van der Waals surface area contributed by atoms with Gasteiger partial charge in [0.2, 0.25) is 0 Å². The number of aliphatic hydroxyl groups excluding tert-OH is 2. The summed E-state index contributed by atoms with van der Waals surface area (Å²) in [7, 11) is 3.94. The summed E-state index contributed by atoms with van der Waals surface area (Å²) < 4.78 is 30.8. The molecule has 0 radical (unpaired) electrons. The van der Waals surface area contributed by atoms with Crippen molar-refractivity contribution < 1.29 is 43.2 Å². The van der Waals surface area contributed by atoms with Crippen LogP contribution in [0.5, 0.6) is 5.75 Å². The lowest BCUT2D eigenvalue weighted by molar-refractivity contribution is -0.143. The monoisotopic (exact) mass is 672 g/mol. The summed E-state index contributed by atoms with van der Waals surface area (Å²) in [6.45, 7) is 3.94. The normalized spacial score (nSPS) is 12.5. The Balaban J connectivity index is 1.86. The number of methoxy groups -OCH3 is 3. The Bertz CT molecular complexity index is 1800. The lowest BCUT2D eigenvalue weighted by Crippen LogP contribution is -2.27. The van der Waals surface area contributed by atoms with E-state index in [0.29, 0.717) is 39.4 Å². The summed E-state index contributed by atoms with van der Waals surface area (Å²) in [6, 6.07) is 19.9. The zero-order chi connectivity index (χ0) is 35.7. The smallest absolute Gasteiger partial charge is 0.341 e. The van der Waals surface area contributed by atoms with Gasteiger partial charge in [-0.05, 0) is 60.9 Å². The highest BCUT2D eigenvalue weighted by Gasteiger charge is 2.29. The van der Waals surface area contributed by atoms with Crippen molar-refractivity contribution in [2.45, 2.75) is 51.5 Å². The fourth-order valence-electron chi connectivity index (χ4n) is 5.63. The number of ether oxygens (including phenoxy) is 3. The third-order valence-electron chi connectivity index (χ3n) is 7.91. The Morgan fingerprint density at radius 1 is 0.898 bits per heavy atom. The molecule has 1 amide bonds. The average molecular weight is 673 g/mol. The molecule has 0 spiro atoms. The van der Waals surface area contributed by atoms with Gasteiger partial charge in [0.15, 0.2) is 0 Å². The quantitative estimate of drug-likeness (QED) is 0.140. The second kappa shape index (κ2) is 16.7. The van der Waals surface area contributed by atoms with Crippen LogP contribution in [-0.4, -0.2) is 66.2 Å². The number of nitrogens with one attached hydrogen (secondary N) is 1. The molecule has 49 heavy (non-hydrogen) atoms. The highest BCUT2D eigenvalue weighted by Crippen LogP contribution is 2.42. The van der Waals surface area contributed by atoms with Crippen LogP contribution >= 0.6 is 0 Å². The van der Waals surface area contributed by atoms with Gasteiger partial charge in [0.1, 0.15) is 22.8 Å². The third kappa shape index (κ3) is 8.81. The Kier molecular flexibility index (Phi) is 12.5. The van der Waals surface area contributed by atoms with E-state index in [1.807, 2.05) is 48.7 Å². The number of carbonyl (C=O) groups excluding carboxylic acids is 3. The number of aromatic nitrogens is 1. The summed E-state index contributed by atoms with van der Waals surface area (Å²) >= 11 is 0. The molecular formula is C38H41FN2O8. The minimum atomic E-state index is -1.14. The first-order chi connectivity index (χ1) is 23.5. The minimum absolute atomic E-state index is 0.0992. The van der Waals surface area contributed by atoms with Crippen LogP contribution < -0.4 is 10.1 Å². The maximum absolute atomic E-state index is 14.3. The van der Waals surface area contributed by atoms with E-state index in [4.69, 9.17) is 9.47 Å². The van der Waals surface area contributed by atoms with Gasteiger partial charge in [0.25, 0.3) is 5.91 Å². The zero-order valence-electron chi connectivity index (χ0n) is 28.1. The fourth-order valence-corrected chi connectivity index (χ4v) is 5.63. The standard InChI is InChI=1S/C38H41FN2O8/c1-23(2)41-31(18-16-28(42)20-29(43)21-33(44)48-4)34(26-12-14-27(39)15-13-26)35(25-9-7-6-8-10-25)36(41)37(45)40-22-24-11-17-30(38(46)49-5)32(19-24)47-3/h6-19,23,28-29,42-43H,20-22H2,1-5H3,(H,40,45)/t28-,29-/m1/s1. The molecule has 0 fully saturated rings. The van der Waals surface area contributed by atoms with Gasteiger partial charge < -0.3 is 34.3 Å². The largest absolute Gasteiger partial charge is 0.496 e. The molecule has 0 unspecified atom stereocenters. The van der Waals surface area contributed by atoms with Gasteiger partial charge in [0.05, 0.1) is 40.0 Å². The van der Waals surface area contributed by atoms with Crippen LogP contribution in [-0.2, 0) is 20.8 Å². The van der Waals surface area contributed by atoms with Crippen LogP contribution in [0.4, 0.5) is 4.39 Å². The Hall–Kier alpha value is -5.26. The number of hydrogen-bond donors (Lipinski definition) is 3. The second-order valence-electron chi connectivity index (χ2n) is 11.6. The highest BCUT2D eigenvalue weighted by molar-refractivity contribution is 6.06. The summed E-state index contributed by atoms with van der Waals surface area (Å²) in [6.07, 6.45) is 0.487. The molecule has 0 saturated carbocycles. The van der Waals surface area contributed by atoms with E-state index in [1.165, 1.54) is 39.5 Å². The lowest BCUT2D eigenvalue weighted by Gasteiger charge is -2.18. The van der Waals surface area contributed by atoms with Gasteiger partial charge >= 0.3 is 11.9 Å². The molecule has 0 saturated heterocycles. The molecular weight excluding hydrogens is 631 g/mol. The van der Waals surface area contributed by atoms with Crippen molar-refractivity contribution >= 4 is 23.9 Å². The van der Waals surface area contributed by atoms with Crippen molar-refractivity contribution in [3.8, 4) is 28.0 Å². The number of esters is 2. The van der Waals surface area contributed by atoms with Crippen LogP contribution in [0.3, 0.4) is 0 Å². The van der Waals surface area contributed by atoms with Gasteiger partial charge in [-0.15, -0.1) is 0 Å². The van der Waals surface area contributed by atoms with E-state index in [-0.39, 0.29) is 31.0 Å². The highest BCUT2D eigenvalue weighted by atomic mass is 19.1. The van der Waals surface area contributed by atoms with E-state index >= 15 is 0 Å². The van der Waals surface area contributed by atoms with E-state index < -0.39 is 35.9 Å². The van der Waals surface area contributed by atoms with Crippen LogP contribution in [0.15, 0.2) is 78.9 Å². The summed E-state index contributed by atoms with van der Waals surface area (Å²) in [5.74, 6) is -1.67. The molecule has 0 aliphatic heterocycles. The SMILES string of the molecule is COC(=O)C[C@H](O)C[C@H](O)C=Cc1c(-c2ccc(F)cc2)c(-c2ccccc2)c(C(=O)NCc2ccc(C(=O)OC)c(OC)c2)n1C(C)C. The molecule has 3 aromatic carbocycles. The number of halogens is 1. The molecule has 2 atom stereocenters. The van der Waals surface area contributed by atoms with E-state index in [1.54, 1.807) is 36.4 Å². The molecule has 11 heteroatoms. The van der Waals surface area contributed by atoms with Crippen molar-refractivity contribution in [2.75, 3.05) is 21.3 Å². The predicted octanol–water partition coefficient (Wildman–Crippen LogP) is 5.96. The van der Waals surface area contributed by atoms with Gasteiger partial charge in [-0.1, -0.05) is 54.6 Å². The first kappa shape index (κ1) is 36.6. The number of rotatable bonds is 14. The number of carbonyl (C=O) groups is 3. The zero-order valence-corrected chi connectivity index (χ0v) is 28.1. The maximum Gasteiger partial charge on any atom is 0.341 e. The first-order valence-corrected chi connectivity index (χ1v) is 15.7. The molecule has 4 aromatic rings. The van der Waals surface area contributed by atoms with E-state index in [0.717, 1.165) is 5.56 Å². The van der Waals surface area contributed by atoms with Crippen molar-refractivity contribution in [1.82, 2.24) is 9.88 Å². The molecule has 1 aromatic heterocycles. The average Bonchev–Trinajstić information content (AvgIpc) is 3.45. The Morgan fingerprint density at radius 3 is 2.18 bits per heavy atom. The van der Waals surface area contributed by atoms with Crippen LogP contribution in [0, 0.1) is 5.82 Å². The Morgan fingerprint density at radius 2 is 1.57 bits per heavy atom. The summed E-state index contributed by atoms with van der Waals surface area (Å²) in [5.41, 5.74) is 4.42. The molecule has 10 nitrogen and oxygen atoms in total. The first-order valence-electron chi connectivity index (χ1n) is 15.7. The number of amides is 1. The fraction of sp³-hybridized carbons (Fsp3) is 0.289. The molecule has 258 valence electrons. The third-order valence-corrected chi connectivity index (χ3v) is 7.91. The summed E-state index contributed by atoms with van der Waals surface area (Å²) in [4.78, 5) is 38.1. The molecule has 0 bridgehead atoms. The Labute approximate surface area is 284 Å². The number of aliphatic hydroxyl groups is 2. The predicted molar refractivity (Wildman–Crippen MR) is 183 cm³/mol. The van der Waals surface area contributed by atoms with Crippen LogP contribution in [0.2, 0.25) is 0 Å². The van der Waals surface area contributed by atoms with Gasteiger partial charge in [0, 0.05) is 35.8 Å². The maximum atomic E-state index is 14.3.